The second-order valence-electron chi connectivity index (χ2n) is 3.26. The van der Waals surface area contributed by atoms with Gasteiger partial charge in [0.25, 0.3) is 0 Å². The number of ether oxygens (including phenoxy) is 2. The monoisotopic (exact) mass is 226 g/mol. The van der Waals surface area contributed by atoms with E-state index in [-0.39, 0.29) is 11.5 Å². The molecule has 1 aromatic carbocycles. The topological polar surface area (TPSA) is 76.0 Å². The second-order valence-corrected chi connectivity index (χ2v) is 3.26. The second kappa shape index (κ2) is 5.48. The zero-order chi connectivity index (χ0) is 12.1. The van der Waals surface area contributed by atoms with Crippen LogP contribution < -0.4 is 9.47 Å². The predicted octanol–water partition coefficient (Wildman–Crippen LogP) is 0.933. The summed E-state index contributed by atoms with van der Waals surface area (Å²) in [5, 5.41) is 18.2. The van der Waals surface area contributed by atoms with Gasteiger partial charge in [-0.25, -0.2) is 0 Å². The lowest BCUT2D eigenvalue weighted by molar-refractivity contribution is -0.0210. The van der Waals surface area contributed by atoms with Gasteiger partial charge in [-0.3, -0.25) is 4.79 Å². The molecule has 88 valence electrons. The summed E-state index contributed by atoms with van der Waals surface area (Å²) in [6.07, 6.45) is -1.38. The van der Waals surface area contributed by atoms with Crippen molar-refractivity contribution < 1.29 is 24.5 Å². The van der Waals surface area contributed by atoms with E-state index < -0.39 is 12.6 Å². The molecule has 0 radical (unpaired) electrons. The molecule has 0 aromatic heterocycles. The molecular weight excluding hydrogens is 212 g/mol. The van der Waals surface area contributed by atoms with Crippen molar-refractivity contribution in [3.05, 3.63) is 23.8 Å². The number of carbonyl (C=O) groups is 1. The molecule has 0 saturated carbocycles. The lowest BCUT2D eigenvalue weighted by Crippen LogP contribution is -2.14. The lowest BCUT2D eigenvalue weighted by Gasteiger charge is -2.15. The van der Waals surface area contributed by atoms with Gasteiger partial charge in [0.15, 0.2) is 24.1 Å². The number of benzene rings is 1. The van der Waals surface area contributed by atoms with Crippen molar-refractivity contribution in [2.24, 2.45) is 0 Å². The molecule has 0 fully saturated rings. The smallest absolute Gasteiger partial charge is 0.194 e. The first-order chi connectivity index (χ1) is 7.52. The van der Waals surface area contributed by atoms with Crippen LogP contribution in [0.25, 0.3) is 0 Å². The van der Waals surface area contributed by atoms with Crippen LogP contribution in [0, 0.1) is 0 Å². The number of aliphatic hydroxyl groups excluding tert-OH is 2. The Balaban J connectivity index is 3.00. The molecule has 5 nitrogen and oxygen atoms in total. The van der Waals surface area contributed by atoms with Crippen molar-refractivity contribution in [2.45, 2.75) is 26.4 Å². The fraction of sp³-hybridized carbons (Fsp3) is 0.364. The fourth-order valence-electron chi connectivity index (χ4n) is 1.15. The van der Waals surface area contributed by atoms with E-state index in [4.69, 9.17) is 19.7 Å². The number of hydrogen-bond donors (Lipinski definition) is 2. The van der Waals surface area contributed by atoms with Crippen molar-refractivity contribution in [1.82, 2.24) is 0 Å². The molecule has 0 saturated heterocycles. The SMILES string of the molecule is CC(O)Oc1ccc(C=O)cc1OC(C)O. The highest BCUT2D eigenvalue weighted by atomic mass is 16.6. The third kappa shape index (κ3) is 3.52. The summed E-state index contributed by atoms with van der Waals surface area (Å²) in [4.78, 5) is 10.6. The van der Waals surface area contributed by atoms with Crippen LogP contribution in [0.15, 0.2) is 18.2 Å². The Bertz CT molecular complexity index is 359. The highest BCUT2D eigenvalue weighted by molar-refractivity contribution is 5.76. The highest BCUT2D eigenvalue weighted by Gasteiger charge is 2.10. The molecule has 1 aromatic rings. The predicted molar refractivity (Wildman–Crippen MR) is 56.4 cm³/mol. The minimum atomic E-state index is -1.03. The average molecular weight is 226 g/mol. The highest BCUT2D eigenvalue weighted by Crippen LogP contribution is 2.29. The van der Waals surface area contributed by atoms with Gasteiger partial charge in [-0.05, 0) is 32.0 Å². The van der Waals surface area contributed by atoms with Crippen LogP contribution in [-0.2, 0) is 0 Å². The Morgan fingerprint density at radius 2 is 1.69 bits per heavy atom. The maximum Gasteiger partial charge on any atom is 0.194 e. The standard InChI is InChI=1S/C11H14O5/c1-7(13)15-10-4-3-9(6-12)5-11(10)16-8(2)14/h3-8,13-14H,1-2H3. The molecule has 0 aliphatic carbocycles. The summed E-state index contributed by atoms with van der Waals surface area (Å²) < 4.78 is 10.1. The van der Waals surface area contributed by atoms with Crippen LogP contribution >= 0.6 is 0 Å². The van der Waals surface area contributed by atoms with Gasteiger partial charge < -0.3 is 19.7 Å². The fourth-order valence-corrected chi connectivity index (χ4v) is 1.15. The van der Waals surface area contributed by atoms with Crippen molar-refractivity contribution >= 4 is 6.29 Å². The van der Waals surface area contributed by atoms with E-state index in [9.17, 15) is 4.79 Å². The number of aliphatic hydroxyl groups is 2. The molecule has 2 atom stereocenters. The summed E-state index contributed by atoms with van der Waals surface area (Å²) >= 11 is 0. The van der Waals surface area contributed by atoms with Crippen LogP contribution in [0.1, 0.15) is 24.2 Å². The molecule has 2 N–H and O–H groups in total. The van der Waals surface area contributed by atoms with Gasteiger partial charge in [0.05, 0.1) is 0 Å². The molecule has 1 rings (SSSR count). The largest absolute Gasteiger partial charge is 0.462 e. The molecule has 2 unspecified atom stereocenters. The maximum absolute atomic E-state index is 10.6. The molecule has 0 spiro atoms. The lowest BCUT2D eigenvalue weighted by atomic mass is 10.2. The zero-order valence-corrected chi connectivity index (χ0v) is 9.08. The Morgan fingerprint density at radius 3 is 2.19 bits per heavy atom. The van der Waals surface area contributed by atoms with Gasteiger partial charge >= 0.3 is 0 Å². The molecule has 0 bridgehead atoms. The van der Waals surface area contributed by atoms with Crippen LogP contribution in [0.2, 0.25) is 0 Å². The van der Waals surface area contributed by atoms with Crippen LogP contribution in [-0.4, -0.2) is 29.1 Å². The van der Waals surface area contributed by atoms with Gasteiger partial charge in [-0.2, -0.15) is 0 Å². The van der Waals surface area contributed by atoms with Crippen LogP contribution in [0.5, 0.6) is 11.5 Å². The van der Waals surface area contributed by atoms with Crippen molar-refractivity contribution in [3.8, 4) is 11.5 Å². The Labute approximate surface area is 93.2 Å². The van der Waals surface area contributed by atoms with E-state index in [1.807, 2.05) is 0 Å². The molecule has 0 aliphatic heterocycles. The summed E-state index contributed by atoms with van der Waals surface area (Å²) in [5.41, 5.74) is 0.397. The Hall–Kier alpha value is -1.59. The molecule has 16 heavy (non-hydrogen) atoms. The summed E-state index contributed by atoms with van der Waals surface area (Å²) in [7, 11) is 0. The van der Waals surface area contributed by atoms with Crippen molar-refractivity contribution in [3.63, 3.8) is 0 Å². The summed E-state index contributed by atoms with van der Waals surface area (Å²) in [5.74, 6) is 0.474. The third-order valence-electron chi connectivity index (χ3n) is 1.70. The molecule has 0 heterocycles. The quantitative estimate of drug-likeness (QED) is 0.577. The van der Waals surface area contributed by atoms with E-state index in [1.165, 1.54) is 32.0 Å². The maximum atomic E-state index is 10.6. The Morgan fingerprint density at radius 1 is 1.12 bits per heavy atom. The molecule has 0 amide bonds. The van der Waals surface area contributed by atoms with Gasteiger partial charge in [0.1, 0.15) is 6.29 Å². The van der Waals surface area contributed by atoms with Gasteiger partial charge in [0.2, 0.25) is 0 Å². The first-order valence-corrected chi connectivity index (χ1v) is 4.81. The van der Waals surface area contributed by atoms with Gasteiger partial charge in [-0.15, -0.1) is 0 Å². The van der Waals surface area contributed by atoms with Gasteiger partial charge in [0, 0.05) is 5.56 Å². The van der Waals surface area contributed by atoms with E-state index >= 15 is 0 Å². The molecule has 5 heteroatoms. The average Bonchev–Trinajstić information content (AvgIpc) is 2.19. The van der Waals surface area contributed by atoms with E-state index in [0.29, 0.717) is 11.8 Å². The third-order valence-corrected chi connectivity index (χ3v) is 1.70. The Kier molecular flexibility index (Phi) is 4.28. The van der Waals surface area contributed by atoms with E-state index in [2.05, 4.69) is 0 Å². The van der Waals surface area contributed by atoms with Crippen LogP contribution in [0.3, 0.4) is 0 Å². The number of hydrogen-bond acceptors (Lipinski definition) is 5. The number of carbonyl (C=O) groups excluding carboxylic acids is 1. The van der Waals surface area contributed by atoms with Gasteiger partial charge in [-0.1, -0.05) is 0 Å². The van der Waals surface area contributed by atoms with Crippen molar-refractivity contribution in [1.29, 1.82) is 0 Å². The van der Waals surface area contributed by atoms with Crippen molar-refractivity contribution in [2.75, 3.05) is 0 Å². The first kappa shape index (κ1) is 12.5. The summed E-state index contributed by atoms with van der Waals surface area (Å²) in [6.45, 7) is 2.87. The zero-order valence-electron chi connectivity index (χ0n) is 9.08. The molecular formula is C11H14O5. The van der Waals surface area contributed by atoms with E-state index in [0.717, 1.165) is 0 Å². The minimum absolute atomic E-state index is 0.209. The molecule has 0 aliphatic rings. The summed E-state index contributed by atoms with van der Waals surface area (Å²) in [6, 6.07) is 4.45. The van der Waals surface area contributed by atoms with Crippen LogP contribution in [0.4, 0.5) is 0 Å². The first-order valence-electron chi connectivity index (χ1n) is 4.81. The normalized spacial score (nSPS) is 14.0. The minimum Gasteiger partial charge on any atom is -0.462 e. The number of rotatable bonds is 5. The number of aldehydes is 1. The van der Waals surface area contributed by atoms with E-state index in [1.54, 1.807) is 0 Å².